The third-order valence-corrected chi connectivity index (χ3v) is 7.92. The van der Waals surface area contributed by atoms with Gasteiger partial charge in [-0.15, -0.1) is 0 Å². The highest BCUT2D eigenvalue weighted by atomic mass is 19.4. The summed E-state index contributed by atoms with van der Waals surface area (Å²) in [6.45, 7) is 8.39. The van der Waals surface area contributed by atoms with Crippen molar-refractivity contribution in [2.24, 2.45) is 0 Å². The van der Waals surface area contributed by atoms with Crippen LogP contribution in [0.5, 0.6) is 6.01 Å². The summed E-state index contributed by atoms with van der Waals surface area (Å²) in [7, 11) is 3.84. The summed E-state index contributed by atoms with van der Waals surface area (Å²) in [6, 6.07) is 3.55. The van der Waals surface area contributed by atoms with E-state index in [2.05, 4.69) is 20.2 Å². The Bertz CT molecular complexity index is 1670. The third kappa shape index (κ3) is 5.82. The Hall–Kier alpha value is -4.00. The van der Waals surface area contributed by atoms with Gasteiger partial charge in [0.25, 0.3) is 0 Å². The van der Waals surface area contributed by atoms with Crippen molar-refractivity contribution < 1.29 is 27.1 Å². The van der Waals surface area contributed by atoms with Gasteiger partial charge in [0.05, 0.1) is 23.9 Å². The Kier molecular flexibility index (Phi) is 8.21. The minimum absolute atomic E-state index is 0.0819. The summed E-state index contributed by atoms with van der Waals surface area (Å²) >= 11 is 0. The average Bonchev–Trinajstić information content (AvgIpc) is 3.40. The predicted octanol–water partition coefficient (Wildman–Crippen LogP) is 5.42. The van der Waals surface area contributed by atoms with Gasteiger partial charge in [0.15, 0.2) is 5.82 Å². The van der Waals surface area contributed by atoms with Crippen molar-refractivity contribution in [1.29, 1.82) is 0 Å². The van der Waals surface area contributed by atoms with E-state index in [9.17, 15) is 18.0 Å². The number of halogens is 4. The number of piperazine rings is 1. The maximum atomic E-state index is 16.8. The quantitative estimate of drug-likeness (QED) is 0.224. The van der Waals surface area contributed by atoms with Crippen LogP contribution in [0.4, 0.5) is 23.4 Å². The van der Waals surface area contributed by atoms with Crippen molar-refractivity contribution in [3.63, 3.8) is 0 Å². The zero-order valence-corrected chi connectivity index (χ0v) is 25.0. The number of alkyl halides is 3. The largest absolute Gasteiger partial charge is 0.463 e. The Morgan fingerprint density at radius 2 is 1.86 bits per heavy atom. The van der Waals surface area contributed by atoms with Crippen molar-refractivity contribution in [1.82, 2.24) is 30.0 Å². The molecule has 0 aliphatic carbocycles. The van der Waals surface area contributed by atoms with Crippen LogP contribution >= 0.6 is 0 Å². The number of aryl methyl sites for hydroxylation is 1. The van der Waals surface area contributed by atoms with Gasteiger partial charge in [-0.05, 0) is 64.5 Å². The lowest BCUT2D eigenvalue weighted by molar-refractivity contribution is -0.137. The molecule has 0 saturated carbocycles. The summed E-state index contributed by atoms with van der Waals surface area (Å²) in [5.74, 6) is -1.09. The van der Waals surface area contributed by atoms with E-state index >= 15 is 4.39 Å². The number of ether oxygens (including phenoxy) is 1. The van der Waals surface area contributed by atoms with E-state index in [1.54, 1.807) is 24.0 Å². The first-order valence-corrected chi connectivity index (χ1v) is 14.1. The summed E-state index contributed by atoms with van der Waals surface area (Å²) in [4.78, 5) is 26.6. The number of aromatic nitrogens is 4. The summed E-state index contributed by atoms with van der Waals surface area (Å²) in [6.07, 6.45) is -2.87. The minimum Gasteiger partial charge on any atom is -0.463 e. The van der Waals surface area contributed by atoms with Crippen LogP contribution in [0.15, 0.2) is 24.4 Å². The van der Waals surface area contributed by atoms with Crippen molar-refractivity contribution >= 4 is 33.5 Å². The van der Waals surface area contributed by atoms with Gasteiger partial charge in [-0.2, -0.15) is 28.2 Å². The van der Waals surface area contributed by atoms with Crippen LogP contribution in [0.2, 0.25) is 0 Å². The van der Waals surface area contributed by atoms with E-state index < -0.39 is 23.1 Å². The standard InChI is InChI=1S/C30H35F4N7O2/c1-16-8-9-23-21(13-35-38-23)24(16)25-22(30(32,33)34)12-20-27(26(25)31)36-29(43-11-7-10-39(5)6)37-28(20)41-15-17(2)40(19(4)42)14-18(41)3/h8-9,12-13,17-18H,7,10-11,14-15H2,1-6H3,(H,35,38)/t17-,18+/m1/s1. The van der Waals surface area contributed by atoms with Crippen molar-refractivity contribution in [3.8, 4) is 17.1 Å². The van der Waals surface area contributed by atoms with Crippen LogP contribution in [-0.2, 0) is 11.0 Å². The van der Waals surface area contributed by atoms with E-state index in [-0.39, 0.29) is 59.4 Å². The number of H-pyrrole nitrogens is 1. The second kappa shape index (κ2) is 11.6. The molecule has 4 aromatic rings. The number of nitrogens with one attached hydrogen (secondary N) is 1. The molecule has 1 amide bonds. The Morgan fingerprint density at radius 1 is 1.12 bits per heavy atom. The van der Waals surface area contributed by atoms with Crippen molar-refractivity contribution in [2.45, 2.75) is 52.4 Å². The van der Waals surface area contributed by atoms with Gasteiger partial charge in [-0.25, -0.2) is 4.39 Å². The van der Waals surface area contributed by atoms with Crippen LogP contribution in [0.25, 0.3) is 32.9 Å². The number of amides is 1. The van der Waals surface area contributed by atoms with Gasteiger partial charge in [0.1, 0.15) is 11.3 Å². The number of benzene rings is 2. The third-order valence-electron chi connectivity index (χ3n) is 7.92. The fourth-order valence-electron chi connectivity index (χ4n) is 5.81. The number of fused-ring (bicyclic) bond motifs is 2. The second-order valence-corrected chi connectivity index (χ2v) is 11.5. The van der Waals surface area contributed by atoms with Gasteiger partial charge < -0.3 is 19.4 Å². The molecule has 230 valence electrons. The molecule has 2 atom stereocenters. The highest BCUT2D eigenvalue weighted by molar-refractivity contribution is 6.02. The maximum absolute atomic E-state index is 16.8. The fraction of sp³-hybridized carbons (Fsp3) is 0.467. The lowest BCUT2D eigenvalue weighted by atomic mass is 9.91. The predicted molar refractivity (Wildman–Crippen MR) is 157 cm³/mol. The van der Waals surface area contributed by atoms with Gasteiger partial charge in [0, 0.05) is 55.0 Å². The minimum atomic E-state index is -4.90. The van der Waals surface area contributed by atoms with E-state index in [0.717, 1.165) is 12.6 Å². The Morgan fingerprint density at radius 3 is 2.53 bits per heavy atom. The normalized spacial score (nSPS) is 17.8. The van der Waals surface area contributed by atoms with Gasteiger partial charge >= 0.3 is 12.2 Å². The number of carbonyl (C=O) groups excluding carboxylic acids is 1. The zero-order valence-electron chi connectivity index (χ0n) is 25.0. The Labute approximate surface area is 246 Å². The molecule has 0 unspecified atom stereocenters. The fourth-order valence-corrected chi connectivity index (χ4v) is 5.81. The molecule has 9 nitrogen and oxygen atoms in total. The van der Waals surface area contributed by atoms with E-state index in [1.807, 2.05) is 37.7 Å². The first kappa shape index (κ1) is 30.5. The molecule has 1 aliphatic heterocycles. The summed E-state index contributed by atoms with van der Waals surface area (Å²) < 4.78 is 67.0. The molecule has 5 rings (SSSR count). The van der Waals surface area contributed by atoms with Crippen LogP contribution in [0.3, 0.4) is 0 Å². The summed E-state index contributed by atoms with van der Waals surface area (Å²) in [5, 5.41) is 7.01. The van der Waals surface area contributed by atoms with Gasteiger partial charge in [-0.3, -0.25) is 9.89 Å². The molecular weight excluding hydrogens is 566 g/mol. The van der Waals surface area contributed by atoms with E-state index in [1.165, 1.54) is 13.1 Å². The van der Waals surface area contributed by atoms with Gasteiger partial charge in [0.2, 0.25) is 5.91 Å². The molecule has 0 bridgehead atoms. The monoisotopic (exact) mass is 601 g/mol. The van der Waals surface area contributed by atoms with Crippen LogP contribution in [0.1, 0.15) is 38.3 Å². The number of hydrogen-bond acceptors (Lipinski definition) is 7. The van der Waals surface area contributed by atoms with E-state index in [0.29, 0.717) is 29.4 Å². The molecule has 3 heterocycles. The lowest BCUT2D eigenvalue weighted by Crippen LogP contribution is -2.58. The molecule has 1 N–H and O–H groups in total. The first-order chi connectivity index (χ1) is 20.3. The molecule has 1 fully saturated rings. The number of carbonyl (C=O) groups is 1. The molecule has 43 heavy (non-hydrogen) atoms. The van der Waals surface area contributed by atoms with E-state index in [4.69, 9.17) is 4.74 Å². The SMILES string of the molecule is CC(=O)N1C[C@H](C)N(c2nc(OCCCN(C)C)nc3c(F)c(-c4c(C)ccc5[nH]ncc45)c(C(F)(F)F)cc23)C[C@H]1C. The molecular formula is C30H35F4N7O2. The molecule has 0 spiro atoms. The Balaban J connectivity index is 1.76. The highest BCUT2D eigenvalue weighted by Crippen LogP contribution is 2.46. The number of rotatable bonds is 7. The first-order valence-electron chi connectivity index (χ1n) is 14.1. The topological polar surface area (TPSA) is 90.5 Å². The molecule has 1 saturated heterocycles. The zero-order chi connectivity index (χ0) is 31.2. The molecule has 13 heteroatoms. The lowest BCUT2D eigenvalue weighted by Gasteiger charge is -2.44. The van der Waals surface area contributed by atoms with Crippen LogP contribution in [-0.4, -0.2) is 88.3 Å². The van der Waals surface area contributed by atoms with Crippen LogP contribution in [0, 0.1) is 12.7 Å². The molecule has 2 aromatic heterocycles. The van der Waals surface area contributed by atoms with Gasteiger partial charge in [-0.1, -0.05) is 6.07 Å². The summed E-state index contributed by atoms with van der Waals surface area (Å²) in [5.41, 5.74) is -0.993. The van der Waals surface area contributed by atoms with Crippen LogP contribution < -0.4 is 9.64 Å². The molecule has 0 radical (unpaired) electrons. The number of aromatic amines is 1. The van der Waals surface area contributed by atoms with Crippen molar-refractivity contribution in [3.05, 3.63) is 41.3 Å². The molecule has 1 aliphatic rings. The number of nitrogens with zero attached hydrogens (tertiary/aromatic N) is 6. The maximum Gasteiger partial charge on any atom is 0.417 e. The smallest absolute Gasteiger partial charge is 0.417 e. The average molecular weight is 602 g/mol. The molecule has 2 aromatic carbocycles. The second-order valence-electron chi connectivity index (χ2n) is 11.5. The highest BCUT2D eigenvalue weighted by Gasteiger charge is 2.39. The number of hydrogen-bond donors (Lipinski definition) is 1. The van der Waals surface area contributed by atoms with Crippen molar-refractivity contribution in [2.75, 3.05) is 45.2 Å². The number of anilines is 1.